The zero-order valence-corrected chi connectivity index (χ0v) is 13.6. The number of halogens is 4. The molecule has 140 valence electrons. The highest BCUT2D eigenvalue weighted by atomic mass is 19.4. The van der Waals surface area contributed by atoms with Crippen molar-refractivity contribution in [2.75, 3.05) is 0 Å². The first-order chi connectivity index (χ1) is 12.1. The minimum Gasteiger partial charge on any atom is -0.391 e. The molecule has 0 saturated heterocycles. The molecule has 2 atom stereocenters. The number of nitrogens with two attached hydrogens (primary N) is 1. The van der Waals surface area contributed by atoms with Crippen LogP contribution in [0.3, 0.4) is 0 Å². The fourth-order valence-corrected chi connectivity index (χ4v) is 2.20. The van der Waals surface area contributed by atoms with Crippen LogP contribution in [0.1, 0.15) is 18.3 Å². The minimum atomic E-state index is -4.56. The summed E-state index contributed by atoms with van der Waals surface area (Å²) in [5.74, 6) is -1.50. The van der Waals surface area contributed by atoms with Crippen LogP contribution in [0.5, 0.6) is 0 Å². The van der Waals surface area contributed by atoms with Crippen LogP contribution in [0, 0.1) is 5.82 Å². The van der Waals surface area contributed by atoms with Crippen LogP contribution in [0.2, 0.25) is 0 Å². The predicted octanol–water partition coefficient (Wildman–Crippen LogP) is 1.63. The lowest BCUT2D eigenvalue weighted by Crippen LogP contribution is -2.48. The number of carbonyl (C=O) groups excluding carboxylic acids is 1. The van der Waals surface area contributed by atoms with Gasteiger partial charge in [-0.3, -0.25) is 15.1 Å². The first-order valence-electron chi connectivity index (χ1n) is 7.49. The zero-order chi connectivity index (χ0) is 19.5. The zero-order valence-electron chi connectivity index (χ0n) is 13.6. The van der Waals surface area contributed by atoms with Crippen molar-refractivity contribution < 1.29 is 27.5 Å². The van der Waals surface area contributed by atoms with E-state index in [-0.39, 0.29) is 23.5 Å². The maximum absolute atomic E-state index is 13.9. The average Bonchev–Trinajstić information content (AvgIpc) is 2.55. The third-order valence-electron chi connectivity index (χ3n) is 3.55. The van der Waals surface area contributed by atoms with Crippen molar-refractivity contribution in [1.29, 1.82) is 0 Å². The maximum Gasteiger partial charge on any atom is 0.433 e. The van der Waals surface area contributed by atoms with Crippen LogP contribution in [0.25, 0.3) is 11.3 Å². The number of nitrogens with zero attached hydrogens (tertiary/aromatic N) is 2. The second-order valence-electron chi connectivity index (χ2n) is 5.56. The molecule has 0 unspecified atom stereocenters. The Balaban J connectivity index is 2.23. The van der Waals surface area contributed by atoms with Gasteiger partial charge in [-0.2, -0.15) is 13.2 Å². The Hall–Kier alpha value is -2.59. The number of aliphatic hydroxyl groups excluding tert-OH is 1. The molecule has 0 bridgehead atoms. The predicted molar refractivity (Wildman–Crippen MR) is 83.9 cm³/mol. The minimum absolute atomic E-state index is 0.0886. The van der Waals surface area contributed by atoms with E-state index >= 15 is 0 Å². The van der Waals surface area contributed by atoms with Gasteiger partial charge in [0.2, 0.25) is 5.91 Å². The molecule has 6 nitrogen and oxygen atoms in total. The van der Waals surface area contributed by atoms with Gasteiger partial charge in [0.1, 0.15) is 17.6 Å². The van der Waals surface area contributed by atoms with Gasteiger partial charge in [-0.15, -0.1) is 0 Å². The molecule has 2 rings (SSSR count). The van der Waals surface area contributed by atoms with Crippen molar-refractivity contribution in [3.05, 3.63) is 47.7 Å². The molecular formula is C16H16F4N4O2. The molecule has 1 amide bonds. The van der Waals surface area contributed by atoms with E-state index in [4.69, 9.17) is 5.73 Å². The summed E-state index contributed by atoms with van der Waals surface area (Å²) in [5, 5.41) is 12.1. The molecule has 2 aromatic heterocycles. The average molecular weight is 372 g/mol. The van der Waals surface area contributed by atoms with Gasteiger partial charge in [-0.1, -0.05) is 0 Å². The number of alkyl halides is 3. The van der Waals surface area contributed by atoms with Crippen molar-refractivity contribution in [2.24, 2.45) is 5.73 Å². The SMILES string of the molecule is C[C@@H](O)[C@H](NCc1nc(-c2ccc(C(F)(F)F)nc2)ccc1F)C(N)=O. The third-order valence-corrected chi connectivity index (χ3v) is 3.55. The lowest BCUT2D eigenvalue weighted by Gasteiger charge is -2.18. The smallest absolute Gasteiger partial charge is 0.391 e. The number of carbonyl (C=O) groups is 1. The number of pyridine rings is 2. The van der Waals surface area contributed by atoms with E-state index in [1.54, 1.807) is 0 Å². The molecule has 0 aliphatic heterocycles. The summed E-state index contributed by atoms with van der Waals surface area (Å²) < 4.78 is 51.6. The second-order valence-corrected chi connectivity index (χ2v) is 5.56. The Morgan fingerprint density at radius 1 is 1.31 bits per heavy atom. The summed E-state index contributed by atoms with van der Waals surface area (Å²) in [6.45, 7) is 1.13. The quantitative estimate of drug-likeness (QED) is 0.669. The molecule has 0 saturated carbocycles. The normalized spacial score (nSPS) is 14.1. The molecule has 0 fully saturated rings. The van der Waals surface area contributed by atoms with Gasteiger partial charge < -0.3 is 10.8 Å². The van der Waals surface area contributed by atoms with Crippen LogP contribution in [0.4, 0.5) is 17.6 Å². The van der Waals surface area contributed by atoms with Gasteiger partial charge in [0.05, 0.1) is 17.5 Å². The Labute approximate surface area is 146 Å². The molecule has 26 heavy (non-hydrogen) atoms. The van der Waals surface area contributed by atoms with E-state index in [9.17, 15) is 27.5 Å². The molecule has 2 aromatic rings. The number of aromatic nitrogens is 2. The summed E-state index contributed by atoms with van der Waals surface area (Å²) >= 11 is 0. The number of nitrogens with one attached hydrogen (secondary N) is 1. The van der Waals surface area contributed by atoms with E-state index in [1.165, 1.54) is 19.1 Å². The molecular weight excluding hydrogens is 356 g/mol. The highest BCUT2D eigenvalue weighted by Crippen LogP contribution is 2.28. The van der Waals surface area contributed by atoms with Crippen molar-refractivity contribution in [3.8, 4) is 11.3 Å². The Kier molecular flexibility index (Phi) is 5.88. The molecule has 0 radical (unpaired) electrons. The number of primary amides is 1. The first-order valence-corrected chi connectivity index (χ1v) is 7.49. The van der Waals surface area contributed by atoms with E-state index in [0.717, 1.165) is 18.3 Å². The lowest BCUT2D eigenvalue weighted by atomic mass is 10.1. The molecule has 0 aliphatic rings. The number of aliphatic hydroxyl groups is 1. The highest BCUT2D eigenvalue weighted by Gasteiger charge is 2.32. The van der Waals surface area contributed by atoms with E-state index < -0.39 is 35.7 Å². The standard InChI is InChI=1S/C16H16F4N4O2/c1-8(25)14(15(21)26)23-7-12-10(17)3-4-11(24-12)9-2-5-13(22-6-9)16(18,19)20/h2-6,8,14,23,25H,7H2,1H3,(H2,21,26)/t8-,14+/m1/s1. The van der Waals surface area contributed by atoms with E-state index in [1.807, 2.05) is 0 Å². The molecule has 10 heteroatoms. The monoisotopic (exact) mass is 372 g/mol. The fraction of sp³-hybridized carbons (Fsp3) is 0.312. The van der Waals surface area contributed by atoms with Crippen molar-refractivity contribution >= 4 is 5.91 Å². The van der Waals surface area contributed by atoms with Crippen molar-refractivity contribution in [1.82, 2.24) is 15.3 Å². The van der Waals surface area contributed by atoms with Crippen LogP contribution < -0.4 is 11.1 Å². The van der Waals surface area contributed by atoms with Gasteiger partial charge in [0, 0.05) is 18.3 Å². The second kappa shape index (κ2) is 7.75. The summed E-state index contributed by atoms with van der Waals surface area (Å²) in [6.07, 6.45) is -4.67. The van der Waals surface area contributed by atoms with Crippen molar-refractivity contribution in [2.45, 2.75) is 31.8 Å². The third kappa shape index (κ3) is 4.73. The van der Waals surface area contributed by atoms with Crippen LogP contribution in [0.15, 0.2) is 30.5 Å². The number of hydrogen-bond donors (Lipinski definition) is 3. The molecule has 4 N–H and O–H groups in total. The lowest BCUT2D eigenvalue weighted by molar-refractivity contribution is -0.141. The molecule has 0 aliphatic carbocycles. The van der Waals surface area contributed by atoms with E-state index in [0.29, 0.717) is 0 Å². The summed E-state index contributed by atoms with van der Waals surface area (Å²) in [7, 11) is 0. The van der Waals surface area contributed by atoms with E-state index in [2.05, 4.69) is 15.3 Å². The molecule has 2 heterocycles. The largest absolute Gasteiger partial charge is 0.433 e. The van der Waals surface area contributed by atoms with Gasteiger partial charge in [-0.25, -0.2) is 9.37 Å². The topological polar surface area (TPSA) is 101 Å². The fourth-order valence-electron chi connectivity index (χ4n) is 2.20. The van der Waals surface area contributed by atoms with Gasteiger partial charge in [0.15, 0.2) is 0 Å². The summed E-state index contributed by atoms with van der Waals surface area (Å²) in [4.78, 5) is 18.6. The Morgan fingerprint density at radius 3 is 2.50 bits per heavy atom. The Bertz CT molecular complexity index is 779. The Morgan fingerprint density at radius 2 is 2.00 bits per heavy atom. The molecule has 0 aromatic carbocycles. The molecule has 0 spiro atoms. The number of rotatable bonds is 6. The van der Waals surface area contributed by atoms with Crippen molar-refractivity contribution in [3.63, 3.8) is 0 Å². The highest BCUT2D eigenvalue weighted by molar-refractivity contribution is 5.80. The van der Waals surface area contributed by atoms with Crippen LogP contribution >= 0.6 is 0 Å². The number of hydrogen-bond acceptors (Lipinski definition) is 5. The summed E-state index contributed by atoms with van der Waals surface area (Å²) in [6, 6.07) is 3.26. The van der Waals surface area contributed by atoms with Crippen LogP contribution in [-0.2, 0) is 17.5 Å². The van der Waals surface area contributed by atoms with Gasteiger partial charge in [0.25, 0.3) is 0 Å². The number of amides is 1. The van der Waals surface area contributed by atoms with Gasteiger partial charge in [-0.05, 0) is 31.2 Å². The van der Waals surface area contributed by atoms with Crippen LogP contribution in [-0.4, -0.2) is 33.1 Å². The van der Waals surface area contributed by atoms with Gasteiger partial charge >= 0.3 is 6.18 Å². The maximum atomic E-state index is 13.9. The first kappa shape index (κ1) is 19.7. The summed E-state index contributed by atoms with van der Waals surface area (Å²) in [5.41, 5.74) is 4.47.